The minimum atomic E-state index is -1.00. The molecule has 1 aromatic rings. The maximum absolute atomic E-state index is 10.4. The van der Waals surface area contributed by atoms with Crippen LogP contribution in [0.25, 0.3) is 6.08 Å². The van der Waals surface area contributed by atoms with Crippen LogP contribution >= 0.6 is 0 Å². The van der Waals surface area contributed by atoms with Gasteiger partial charge in [0.15, 0.2) is 0 Å². The van der Waals surface area contributed by atoms with Gasteiger partial charge in [-0.05, 0) is 17.2 Å². The van der Waals surface area contributed by atoms with Crippen LogP contribution in [0.2, 0.25) is 0 Å². The average molecular weight is 175 g/mol. The molecular formula is C10H9NO2. The van der Waals surface area contributed by atoms with Crippen molar-refractivity contribution in [1.29, 1.82) is 0 Å². The molecule has 0 unspecified atom stereocenters. The van der Waals surface area contributed by atoms with Gasteiger partial charge in [0, 0.05) is 12.1 Å². The van der Waals surface area contributed by atoms with Gasteiger partial charge >= 0.3 is 6.09 Å². The summed E-state index contributed by atoms with van der Waals surface area (Å²) in [5.74, 6) is 0. The summed E-state index contributed by atoms with van der Waals surface area (Å²) in [6.45, 7) is 0. The molecule has 0 saturated carbocycles. The van der Waals surface area contributed by atoms with Gasteiger partial charge in [-0.2, -0.15) is 0 Å². The number of fused-ring (bicyclic) bond motifs is 1. The maximum Gasteiger partial charge on any atom is 0.408 e. The zero-order valence-electron chi connectivity index (χ0n) is 6.95. The van der Waals surface area contributed by atoms with E-state index in [1.165, 1.54) is 5.56 Å². The molecule has 1 aliphatic rings. The van der Waals surface area contributed by atoms with E-state index in [-0.39, 0.29) is 0 Å². The van der Waals surface area contributed by atoms with Gasteiger partial charge in [-0.1, -0.05) is 24.3 Å². The third-order valence-electron chi connectivity index (χ3n) is 2.03. The van der Waals surface area contributed by atoms with Crippen molar-refractivity contribution in [2.24, 2.45) is 0 Å². The molecule has 13 heavy (non-hydrogen) atoms. The third-order valence-corrected chi connectivity index (χ3v) is 2.03. The van der Waals surface area contributed by atoms with Gasteiger partial charge in [0.05, 0.1) is 0 Å². The van der Waals surface area contributed by atoms with Crippen molar-refractivity contribution >= 4 is 12.2 Å². The molecule has 3 heteroatoms. The Morgan fingerprint density at radius 3 is 2.85 bits per heavy atom. The third kappa shape index (κ3) is 1.54. The maximum atomic E-state index is 10.4. The first-order valence-corrected chi connectivity index (χ1v) is 4.04. The first-order chi connectivity index (χ1) is 6.25. The molecule has 0 atom stereocenters. The van der Waals surface area contributed by atoms with Crippen LogP contribution < -0.4 is 5.32 Å². The second kappa shape index (κ2) is 2.94. The van der Waals surface area contributed by atoms with Crippen molar-refractivity contribution in [2.75, 3.05) is 0 Å². The number of benzene rings is 1. The molecule has 0 aromatic heterocycles. The summed E-state index contributed by atoms with van der Waals surface area (Å²) in [7, 11) is 0. The molecule has 0 fully saturated rings. The number of rotatable bonds is 1. The second-order valence-electron chi connectivity index (χ2n) is 2.98. The Balaban J connectivity index is 2.21. The molecule has 0 heterocycles. The van der Waals surface area contributed by atoms with Crippen molar-refractivity contribution < 1.29 is 9.90 Å². The molecule has 0 spiro atoms. The van der Waals surface area contributed by atoms with Crippen LogP contribution in [0.15, 0.2) is 30.0 Å². The van der Waals surface area contributed by atoms with Crippen LogP contribution in [-0.4, -0.2) is 11.2 Å². The first kappa shape index (κ1) is 7.86. The molecule has 0 radical (unpaired) electrons. The molecule has 0 aliphatic heterocycles. The molecule has 2 N–H and O–H groups in total. The smallest absolute Gasteiger partial charge is 0.408 e. The van der Waals surface area contributed by atoms with E-state index in [0.717, 1.165) is 11.3 Å². The molecule has 0 saturated heterocycles. The highest BCUT2D eigenvalue weighted by Gasteiger charge is 2.12. The number of carboxylic acid groups (broad SMARTS) is 1. The monoisotopic (exact) mass is 175 g/mol. The van der Waals surface area contributed by atoms with E-state index in [1.54, 1.807) is 0 Å². The highest BCUT2D eigenvalue weighted by Crippen LogP contribution is 2.22. The summed E-state index contributed by atoms with van der Waals surface area (Å²) >= 11 is 0. The highest BCUT2D eigenvalue weighted by atomic mass is 16.4. The van der Waals surface area contributed by atoms with E-state index in [9.17, 15) is 4.79 Å². The van der Waals surface area contributed by atoms with E-state index >= 15 is 0 Å². The molecule has 2 rings (SSSR count). The minimum absolute atomic E-state index is 0.683. The second-order valence-corrected chi connectivity index (χ2v) is 2.98. The Bertz CT molecular complexity index is 382. The van der Waals surface area contributed by atoms with Gasteiger partial charge in [-0.15, -0.1) is 0 Å². The summed E-state index contributed by atoms with van der Waals surface area (Å²) in [5.41, 5.74) is 3.02. The first-order valence-electron chi connectivity index (χ1n) is 4.04. The molecule has 66 valence electrons. The fourth-order valence-corrected chi connectivity index (χ4v) is 1.50. The van der Waals surface area contributed by atoms with E-state index < -0.39 is 6.09 Å². The topological polar surface area (TPSA) is 49.3 Å². The van der Waals surface area contributed by atoms with Gasteiger partial charge < -0.3 is 5.11 Å². The van der Waals surface area contributed by atoms with Crippen LogP contribution in [-0.2, 0) is 6.42 Å². The van der Waals surface area contributed by atoms with Crippen LogP contribution in [0.1, 0.15) is 11.1 Å². The van der Waals surface area contributed by atoms with Crippen molar-refractivity contribution in [1.82, 2.24) is 5.32 Å². The van der Waals surface area contributed by atoms with Gasteiger partial charge in [-0.3, -0.25) is 5.32 Å². The van der Waals surface area contributed by atoms with E-state index in [4.69, 9.17) is 5.11 Å². The lowest BCUT2D eigenvalue weighted by molar-refractivity contribution is 0.197. The molecular weight excluding hydrogens is 166 g/mol. The number of allylic oxidation sites excluding steroid dienone is 1. The number of carbonyl (C=O) groups is 1. The largest absolute Gasteiger partial charge is 0.465 e. The predicted molar refractivity (Wildman–Crippen MR) is 49.3 cm³/mol. The Hall–Kier alpha value is -1.77. The lowest BCUT2D eigenvalue weighted by Gasteiger charge is -1.99. The summed E-state index contributed by atoms with van der Waals surface area (Å²) in [5, 5.41) is 10.9. The van der Waals surface area contributed by atoms with Gasteiger partial charge in [0.2, 0.25) is 0 Å². The Morgan fingerprint density at radius 2 is 2.15 bits per heavy atom. The zero-order valence-corrected chi connectivity index (χ0v) is 6.95. The van der Waals surface area contributed by atoms with E-state index in [2.05, 4.69) is 5.32 Å². The Morgan fingerprint density at radius 1 is 1.38 bits per heavy atom. The molecule has 3 nitrogen and oxygen atoms in total. The SMILES string of the molecule is O=C(O)NC1=Cc2ccccc2C1. The number of nitrogens with one attached hydrogen (secondary N) is 1. The van der Waals surface area contributed by atoms with Gasteiger partial charge in [0.25, 0.3) is 0 Å². The van der Waals surface area contributed by atoms with Crippen LogP contribution in [0.4, 0.5) is 4.79 Å². The molecule has 1 aromatic carbocycles. The summed E-state index contributed by atoms with van der Waals surface area (Å²) in [6.07, 6.45) is 1.55. The predicted octanol–water partition coefficient (Wildman–Crippen LogP) is 1.85. The van der Waals surface area contributed by atoms with E-state index in [0.29, 0.717) is 6.42 Å². The molecule has 1 aliphatic carbocycles. The summed E-state index contributed by atoms with van der Waals surface area (Å²) < 4.78 is 0. The lowest BCUT2D eigenvalue weighted by Crippen LogP contribution is -2.19. The zero-order chi connectivity index (χ0) is 9.26. The standard InChI is InChI=1S/C10H9NO2/c12-10(13)11-9-5-7-3-1-2-4-8(7)6-9/h1-5,11H,6H2,(H,12,13). The van der Waals surface area contributed by atoms with Crippen LogP contribution in [0, 0.1) is 0 Å². The fourth-order valence-electron chi connectivity index (χ4n) is 1.50. The van der Waals surface area contributed by atoms with Crippen LogP contribution in [0.5, 0.6) is 0 Å². The van der Waals surface area contributed by atoms with Crippen LogP contribution in [0.3, 0.4) is 0 Å². The number of hydrogen-bond donors (Lipinski definition) is 2. The number of amides is 1. The summed E-state index contributed by atoms with van der Waals surface area (Å²) in [4.78, 5) is 10.4. The molecule has 0 bridgehead atoms. The van der Waals surface area contributed by atoms with Crippen molar-refractivity contribution in [3.05, 3.63) is 41.1 Å². The van der Waals surface area contributed by atoms with Crippen molar-refractivity contribution in [3.63, 3.8) is 0 Å². The Kier molecular flexibility index (Phi) is 1.77. The van der Waals surface area contributed by atoms with Crippen molar-refractivity contribution in [3.8, 4) is 0 Å². The van der Waals surface area contributed by atoms with Gasteiger partial charge in [0.1, 0.15) is 0 Å². The highest BCUT2D eigenvalue weighted by molar-refractivity contribution is 5.72. The lowest BCUT2D eigenvalue weighted by atomic mass is 10.1. The fraction of sp³-hybridized carbons (Fsp3) is 0.100. The average Bonchev–Trinajstić information content (AvgIpc) is 2.44. The van der Waals surface area contributed by atoms with Crippen molar-refractivity contribution in [2.45, 2.75) is 6.42 Å². The molecule has 1 amide bonds. The summed E-state index contributed by atoms with van der Waals surface area (Å²) in [6, 6.07) is 7.88. The van der Waals surface area contributed by atoms with Gasteiger partial charge in [-0.25, -0.2) is 4.79 Å². The minimum Gasteiger partial charge on any atom is -0.465 e. The quantitative estimate of drug-likeness (QED) is 0.684. The Labute approximate surface area is 75.7 Å². The van der Waals surface area contributed by atoms with E-state index in [1.807, 2.05) is 30.3 Å². The normalized spacial score (nSPS) is 13.4. The number of hydrogen-bond acceptors (Lipinski definition) is 1.